The molecule has 4 aromatic rings. The Balaban J connectivity index is 1.34. The van der Waals surface area contributed by atoms with Crippen LogP contribution in [0.1, 0.15) is 18.1 Å². The van der Waals surface area contributed by atoms with Crippen LogP contribution >= 0.6 is 0 Å². The monoisotopic (exact) mass is 600 g/mol. The van der Waals surface area contributed by atoms with Crippen LogP contribution in [0.15, 0.2) is 113 Å². The Labute approximate surface area is 251 Å². The Hall–Kier alpha value is -5.16. The van der Waals surface area contributed by atoms with Gasteiger partial charge in [0.2, 0.25) is 0 Å². The minimum atomic E-state index is -4.02. The molecule has 0 heterocycles. The lowest BCUT2D eigenvalue weighted by molar-refractivity contribution is -0.119. The van der Waals surface area contributed by atoms with Crippen LogP contribution in [0, 0.1) is 0 Å². The van der Waals surface area contributed by atoms with Crippen LogP contribution in [0.3, 0.4) is 0 Å². The molecule has 0 aromatic heterocycles. The summed E-state index contributed by atoms with van der Waals surface area (Å²) >= 11 is 0. The van der Waals surface area contributed by atoms with Crippen LogP contribution in [0.5, 0.6) is 11.5 Å². The number of amides is 2. The van der Waals surface area contributed by atoms with Crippen molar-refractivity contribution >= 4 is 39.4 Å². The normalized spacial score (nSPS) is 11.1. The third-order valence-corrected chi connectivity index (χ3v) is 8.06. The van der Waals surface area contributed by atoms with Gasteiger partial charge in [-0.3, -0.25) is 13.9 Å². The topological polar surface area (TPSA) is 126 Å². The van der Waals surface area contributed by atoms with Gasteiger partial charge >= 0.3 is 0 Å². The number of hydrazone groups is 1. The highest BCUT2D eigenvalue weighted by Gasteiger charge is 2.28. The van der Waals surface area contributed by atoms with E-state index in [-0.39, 0.29) is 17.4 Å². The summed E-state index contributed by atoms with van der Waals surface area (Å²) in [6, 6.07) is 28.7. The summed E-state index contributed by atoms with van der Waals surface area (Å²) in [6.07, 6.45) is 2.01. The van der Waals surface area contributed by atoms with Gasteiger partial charge in [0.25, 0.3) is 21.8 Å². The van der Waals surface area contributed by atoms with Crippen molar-refractivity contribution in [3.8, 4) is 11.5 Å². The van der Waals surface area contributed by atoms with Crippen molar-refractivity contribution < 1.29 is 27.5 Å². The predicted octanol–water partition coefficient (Wildman–Crippen LogP) is 4.62. The lowest BCUT2D eigenvalue weighted by atomic mass is 10.1. The fourth-order valence-electron chi connectivity index (χ4n) is 4.09. The Morgan fingerprint density at radius 3 is 2.16 bits per heavy atom. The van der Waals surface area contributed by atoms with E-state index in [0.717, 1.165) is 9.87 Å². The molecule has 0 bridgehead atoms. The fourth-order valence-corrected chi connectivity index (χ4v) is 5.57. The van der Waals surface area contributed by atoms with Crippen LogP contribution in [0.4, 0.5) is 11.4 Å². The maximum absolute atomic E-state index is 13.5. The van der Waals surface area contributed by atoms with Gasteiger partial charge < -0.3 is 14.8 Å². The molecule has 0 spiro atoms. The molecule has 11 heteroatoms. The molecular weight excluding hydrogens is 568 g/mol. The number of anilines is 2. The van der Waals surface area contributed by atoms with Gasteiger partial charge in [-0.25, -0.2) is 13.8 Å². The second-order valence-electron chi connectivity index (χ2n) is 9.23. The Morgan fingerprint density at radius 1 is 0.837 bits per heavy atom. The van der Waals surface area contributed by atoms with Crippen molar-refractivity contribution in [2.24, 2.45) is 5.10 Å². The molecule has 0 aliphatic rings. The Morgan fingerprint density at radius 2 is 1.49 bits per heavy atom. The van der Waals surface area contributed by atoms with E-state index in [9.17, 15) is 18.0 Å². The van der Waals surface area contributed by atoms with E-state index in [1.807, 2.05) is 19.1 Å². The van der Waals surface area contributed by atoms with Crippen LogP contribution in [-0.4, -0.2) is 46.7 Å². The number of benzene rings is 4. The van der Waals surface area contributed by atoms with Gasteiger partial charge in [-0.05, 0) is 84.3 Å². The third-order valence-electron chi connectivity index (χ3n) is 6.29. The predicted molar refractivity (Wildman–Crippen MR) is 166 cm³/mol. The van der Waals surface area contributed by atoms with E-state index in [0.29, 0.717) is 34.9 Å². The van der Waals surface area contributed by atoms with Gasteiger partial charge in [-0.15, -0.1) is 0 Å². The number of carbonyl (C=O) groups excluding carboxylic acids is 2. The van der Waals surface area contributed by atoms with Gasteiger partial charge in [0.15, 0.2) is 6.61 Å². The molecule has 0 saturated heterocycles. The average Bonchev–Trinajstić information content (AvgIpc) is 3.04. The molecule has 10 nitrogen and oxygen atoms in total. The van der Waals surface area contributed by atoms with Gasteiger partial charge in [0.05, 0.1) is 23.9 Å². The molecule has 0 unspecified atom stereocenters. The summed E-state index contributed by atoms with van der Waals surface area (Å²) in [7, 11) is -2.45. The molecule has 43 heavy (non-hydrogen) atoms. The number of nitrogens with one attached hydrogen (secondary N) is 2. The first-order valence-corrected chi connectivity index (χ1v) is 14.9. The quantitative estimate of drug-likeness (QED) is 0.170. The number of sulfonamides is 1. The standard InChI is InChI=1S/C32H32N4O6S/c1-3-25-9-7-8-12-30(25)36(43(39,40)29-10-5-4-6-11-29)22-31(37)35-33-21-24-13-17-28(18-14-24)42-23-32(38)34-26-15-19-27(41-2)20-16-26/h4-21H,3,22-23H2,1-2H3,(H,34,38)(H,35,37)/b33-21-. The minimum Gasteiger partial charge on any atom is -0.497 e. The highest BCUT2D eigenvalue weighted by molar-refractivity contribution is 7.92. The maximum Gasteiger partial charge on any atom is 0.264 e. The second-order valence-corrected chi connectivity index (χ2v) is 11.1. The number of hydrogen-bond donors (Lipinski definition) is 2. The van der Waals surface area contributed by atoms with Crippen LogP contribution in [-0.2, 0) is 26.0 Å². The Kier molecular flexibility index (Phi) is 10.5. The third kappa shape index (κ3) is 8.43. The number of nitrogens with zero attached hydrogens (tertiary/aromatic N) is 2. The molecule has 222 valence electrons. The summed E-state index contributed by atoms with van der Waals surface area (Å²) in [5.41, 5.74) is 4.91. The number of aryl methyl sites for hydroxylation is 1. The maximum atomic E-state index is 13.5. The molecule has 0 atom stereocenters. The zero-order chi connectivity index (χ0) is 30.7. The van der Waals surface area contributed by atoms with Gasteiger partial charge in [-0.2, -0.15) is 5.10 Å². The molecule has 0 aliphatic heterocycles. The zero-order valence-electron chi connectivity index (χ0n) is 23.8. The van der Waals surface area contributed by atoms with Gasteiger partial charge in [0.1, 0.15) is 18.0 Å². The molecule has 0 radical (unpaired) electrons. The van der Waals surface area contributed by atoms with E-state index < -0.39 is 22.5 Å². The first kappa shape index (κ1) is 30.8. The molecule has 2 amide bonds. The zero-order valence-corrected chi connectivity index (χ0v) is 24.6. The summed E-state index contributed by atoms with van der Waals surface area (Å²) in [4.78, 5) is 25.1. The van der Waals surface area contributed by atoms with Crippen molar-refractivity contribution in [2.45, 2.75) is 18.2 Å². The van der Waals surface area contributed by atoms with Crippen molar-refractivity contribution in [3.63, 3.8) is 0 Å². The number of ether oxygens (including phenoxy) is 2. The first-order chi connectivity index (χ1) is 20.8. The molecule has 0 aliphatic carbocycles. The fraction of sp³-hybridized carbons (Fsp3) is 0.156. The van der Waals surface area contributed by atoms with Crippen LogP contribution in [0.25, 0.3) is 0 Å². The average molecular weight is 601 g/mol. The molecular formula is C32H32N4O6S. The molecule has 4 rings (SSSR count). The van der Waals surface area contributed by atoms with Gasteiger partial charge in [0, 0.05) is 5.69 Å². The number of carbonyl (C=O) groups is 2. The molecule has 2 N–H and O–H groups in total. The lowest BCUT2D eigenvalue weighted by Crippen LogP contribution is -2.40. The lowest BCUT2D eigenvalue weighted by Gasteiger charge is -2.25. The number of methoxy groups -OCH3 is 1. The summed E-state index contributed by atoms with van der Waals surface area (Å²) in [6.45, 7) is 1.28. The second kappa shape index (κ2) is 14.6. The largest absolute Gasteiger partial charge is 0.497 e. The van der Waals surface area contributed by atoms with Crippen LogP contribution in [0.2, 0.25) is 0 Å². The van der Waals surface area contributed by atoms with E-state index >= 15 is 0 Å². The van der Waals surface area contributed by atoms with Crippen molar-refractivity contribution in [2.75, 3.05) is 29.9 Å². The van der Waals surface area contributed by atoms with Crippen molar-refractivity contribution in [1.82, 2.24) is 5.43 Å². The summed E-state index contributed by atoms with van der Waals surface area (Å²) in [5.74, 6) is 0.239. The van der Waals surface area contributed by atoms with E-state index in [2.05, 4.69) is 15.8 Å². The molecule has 4 aromatic carbocycles. The number of hydrogen-bond acceptors (Lipinski definition) is 7. The molecule has 0 fully saturated rings. The highest BCUT2D eigenvalue weighted by Crippen LogP contribution is 2.27. The van der Waals surface area contributed by atoms with Gasteiger partial charge in [-0.1, -0.05) is 43.3 Å². The van der Waals surface area contributed by atoms with E-state index in [1.54, 1.807) is 86.0 Å². The molecule has 0 saturated carbocycles. The van der Waals surface area contributed by atoms with Crippen molar-refractivity contribution in [1.29, 1.82) is 0 Å². The minimum absolute atomic E-state index is 0.0812. The van der Waals surface area contributed by atoms with Crippen LogP contribution < -0.4 is 24.5 Å². The van der Waals surface area contributed by atoms with E-state index in [1.165, 1.54) is 18.3 Å². The number of rotatable bonds is 13. The number of para-hydroxylation sites is 1. The SMILES string of the molecule is CCc1ccccc1N(CC(=O)N/N=C\c1ccc(OCC(=O)Nc2ccc(OC)cc2)cc1)S(=O)(=O)c1ccccc1. The summed E-state index contributed by atoms with van der Waals surface area (Å²) < 4.78 is 38.8. The van der Waals surface area contributed by atoms with E-state index in [4.69, 9.17) is 9.47 Å². The summed E-state index contributed by atoms with van der Waals surface area (Å²) in [5, 5.41) is 6.73. The first-order valence-electron chi connectivity index (χ1n) is 13.4. The smallest absolute Gasteiger partial charge is 0.264 e. The highest BCUT2D eigenvalue weighted by atomic mass is 32.2. The Bertz CT molecular complexity index is 1660. The van der Waals surface area contributed by atoms with Crippen molar-refractivity contribution in [3.05, 3.63) is 114 Å².